The number of benzene rings is 2. The number of carbonyl (C=O) groups excluding carboxylic acids is 2. The van der Waals surface area contributed by atoms with E-state index in [2.05, 4.69) is 20.8 Å². The molecule has 4 rings (SSSR count). The third-order valence-corrected chi connectivity index (χ3v) is 4.96. The molecular weight excluding hydrogens is 398 g/mol. The number of aromatic nitrogens is 2. The van der Waals surface area contributed by atoms with Gasteiger partial charge in [0.05, 0.1) is 5.69 Å². The highest BCUT2D eigenvalue weighted by molar-refractivity contribution is 5.97. The number of urea groups is 1. The molecule has 160 valence electrons. The van der Waals surface area contributed by atoms with Gasteiger partial charge >= 0.3 is 6.03 Å². The van der Waals surface area contributed by atoms with Gasteiger partial charge in [-0.2, -0.15) is 4.98 Å². The lowest BCUT2D eigenvalue weighted by atomic mass is 10.2. The molecule has 1 atom stereocenters. The number of fused-ring (bicyclic) bond motifs is 1. The van der Waals surface area contributed by atoms with Crippen molar-refractivity contribution >= 4 is 23.3 Å². The standard InChI is InChI=1S/C22H23N5O4/c1-3-14(2)23-22(29)24-16-10-8-15(9-11-16)21-25-19(31-26-21)12-27-17-6-4-5-7-18(17)30-13-20(27)28/h4-11,14H,3,12-13H2,1-2H3,(H2,23,24,29). The summed E-state index contributed by atoms with van der Waals surface area (Å²) in [6, 6.07) is 14.3. The average molecular weight is 421 g/mol. The van der Waals surface area contributed by atoms with Crippen LogP contribution in [0, 0.1) is 0 Å². The zero-order valence-electron chi connectivity index (χ0n) is 17.3. The summed E-state index contributed by atoms with van der Waals surface area (Å²) in [5.74, 6) is 1.18. The Morgan fingerprint density at radius 3 is 2.74 bits per heavy atom. The molecule has 2 N–H and O–H groups in total. The number of anilines is 2. The highest BCUT2D eigenvalue weighted by Crippen LogP contribution is 2.32. The van der Waals surface area contributed by atoms with Gasteiger partial charge in [-0.05, 0) is 49.7 Å². The molecule has 0 saturated heterocycles. The fourth-order valence-corrected chi connectivity index (χ4v) is 3.09. The number of ether oxygens (including phenoxy) is 1. The minimum Gasteiger partial charge on any atom is -0.482 e. The van der Waals surface area contributed by atoms with Crippen LogP contribution in [-0.4, -0.2) is 34.7 Å². The van der Waals surface area contributed by atoms with E-state index in [1.165, 1.54) is 0 Å². The van der Waals surface area contributed by atoms with Crippen LogP contribution in [0.1, 0.15) is 26.2 Å². The number of nitrogens with one attached hydrogen (secondary N) is 2. The Kier molecular flexibility index (Phi) is 5.83. The fraction of sp³-hybridized carbons (Fsp3) is 0.273. The summed E-state index contributed by atoms with van der Waals surface area (Å²) in [6.07, 6.45) is 0.855. The van der Waals surface area contributed by atoms with E-state index in [1.54, 1.807) is 29.2 Å². The van der Waals surface area contributed by atoms with Crippen LogP contribution in [0.3, 0.4) is 0 Å². The van der Waals surface area contributed by atoms with Crippen molar-refractivity contribution in [2.75, 3.05) is 16.8 Å². The van der Waals surface area contributed by atoms with Crippen molar-refractivity contribution in [3.63, 3.8) is 0 Å². The van der Waals surface area contributed by atoms with Gasteiger partial charge in [-0.25, -0.2) is 4.79 Å². The topological polar surface area (TPSA) is 110 Å². The molecule has 0 aliphatic carbocycles. The largest absolute Gasteiger partial charge is 0.482 e. The fourth-order valence-electron chi connectivity index (χ4n) is 3.09. The SMILES string of the molecule is CCC(C)NC(=O)Nc1ccc(-c2noc(CN3C(=O)COc4ccccc43)n2)cc1. The summed E-state index contributed by atoms with van der Waals surface area (Å²) in [4.78, 5) is 30.2. The minimum atomic E-state index is -0.251. The molecule has 2 heterocycles. The average Bonchev–Trinajstić information content (AvgIpc) is 3.25. The van der Waals surface area contributed by atoms with E-state index in [0.717, 1.165) is 12.0 Å². The summed E-state index contributed by atoms with van der Waals surface area (Å²) in [6.45, 7) is 4.07. The number of hydrogen-bond donors (Lipinski definition) is 2. The second-order valence-electron chi connectivity index (χ2n) is 7.23. The first-order chi connectivity index (χ1) is 15.0. The zero-order chi connectivity index (χ0) is 21.8. The first-order valence-electron chi connectivity index (χ1n) is 10.1. The maximum atomic E-state index is 12.3. The molecule has 0 radical (unpaired) electrons. The molecule has 0 saturated carbocycles. The molecule has 9 heteroatoms. The van der Waals surface area contributed by atoms with E-state index in [9.17, 15) is 9.59 Å². The lowest BCUT2D eigenvalue weighted by molar-refractivity contribution is -0.121. The number of amides is 3. The molecule has 1 aliphatic rings. The smallest absolute Gasteiger partial charge is 0.319 e. The molecule has 2 aromatic carbocycles. The van der Waals surface area contributed by atoms with Crippen LogP contribution < -0.4 is 20.3 Å². The second-order valence-corrected chi connectivity index (χ2v) is 7.23. The first kappa shape index (κ1) is 20.4. The van der Waals surface area contributed by atoms with Gasteiger partial charge in [-0.1, -0.05) is 24.2 Å². The maximum Gasteiger partial charge on any atom is 0.319 e. The van der Waals surface area contributed by atoms with Crippen molar-refractivity contribution < 1.29 is 18.8 Å². The van der Waals surface area contributed by atoms with Crippen molar-refractivity contribution in [3.05, 3.63) is 54.4 Å². The number of nitrogens with zero attached hydrogens (tertiary/aromatic N) is 3. The Morgan fingerprint density at radius 2 is 1.97 bits per heavy atom. The van der Waals surface area contributed by atoms with Crippen LogP contribution in [0.25, 0.3) is 11.4 Å². The monoisotopic (exact) mass is 421 g/mol. The van der Waals surface area contributed by atoms with Crippen LogP contribution in [0.5, 0.6) is 5.75 Å². The molecule has 1 unspecified atom stereocenters. The first-order valence-corrected chi connectivity index (χ1v) is 10.1. The number of hydrogen-bond acceptors (Lipinski definition) is 6. The van der Waals surface area contributed by atoms with Crippen molar-refractivity contribution in [2.24, 2.45) is 0 Å². The summed E-state index contributed by atoms with van der Waals surface area (Å²) in [5.41, 5.74) is 2.06. The van der Waals surface area contributed by atoms with Crippen molar-refractivity contribution in [1.29, 1.82) is 0 Å². The zero-order valence-corrected chi connectivity index (χ0v) is 17.3. The Bertz CT molecular complexity index is 1080. The number of carbonyl (C=O) groups is 2. The Hall–Kier alpha value is -3.88. The molecule has 1 aromatic heterocycles. The van der Waals surface area contributed by atoms with E-state index >= 15 is 0 Å². The molecular formula is C22H23N5O4. The third kappa shape index (κ3) is 4.66. The molecule has 0 bridgehead atoms. The van der Waals surface area contributed by atoms with Crippen LogP contribution in [0.15, 0.2) is 53.1 Å². The Morgan fingerprint density at radius 1 is 1.19 bits per heavy atom. The third-order valence-electron chi connectivity index (χ3n) is 4.96. The van der Waals surface area contributed by atoms with E-state index in [0.29, 0.717) is 28.8 Å². The lowest BCUT2D eigenvalue weighted by Gasteiger charge is -2.27. The normalized spacial score (nSPS) is 13.9. The van der Waals surface area contributed by atoms with Crippen LogP contribution in [-0.2, 0) is 11.3 Å². The van der Waals surface area contributed by atoms with Gasteiger partial charge in [-0.3, -0.25) is 9.69 Å². The maximum absolute atomic E-state index is 12.3. The number of para-hydroxylation sites is 2. The highest BCUT2D eigenvalue weighted by Gasteiger charge is 2.27. The van der Waals surface area contributed by atoms with Gasteiger partial charge in [-0.15, -0.1) is 0 Å². The van der Waals surface area contributed by atoms with Crippen molar-refractivity contribution in [2.45, 2.75) is 32.9 Å². The van der Waals surface area contributed by atoms with Crippen molar-refractivity contribution in [1.82, 2.24) is 15.5 Å². The van der Waals surface area contributed by atoms with E-state index in [1.807, 2.05) is 38.1 Å². The second kappa shape index (κ2) is 8.86. The molecule has 3 aromatic rings. The quantitative estimate of drug-likeness (QED) is 0.630. The lowest BCUT2D eigenvalue weighted by Crippen LogP contribution is -2.38. The van der Waals surface area contributed by atoms with Crippen molar-refractivity contribution in [3.8, 4) is 17.1 Å². The highest BCUT2D eigenvalue weighted by atomic mass is 16.5. The van der Waals surface area contributed by atoms with Gasteiger partial charge in [0.2, 0.25) is 11.7 Å². The van der Waals surface area contributed by atoms with Crippen LogP contribution in [0.4, 0.5) is 16.2 Å². The molecule has 9 nitrogen and oxygen atoms in total. The molecule has 0 spiro atoms. The van der Waals surface area contributed by atoms with Gasteiger partial charge in [0.1, 0.15) is 12.3 Å². The summed E-state index contributed by atoms with van der Waals surface area (Å²) in [5, 5.41) is 9.65. The summed E-state index contributed by atoms with van der Waals surface area (Å²) < 4.78 is 10.8. The van der Waals surface area contributed by atoms with Crippen LogP contribution in [0.2, 0.25) is 0 Å². The molecule has 3 amide bonds. The molecule has 31 heavy (non-hydrogen) atoms. The van der Waals surface area contributed by atoms with E-state index < -0.39 is 0 Å². The Labute approximate surface area is 179 Å². The van der Waals surface area contributed by atoms with E-state index in [4.69, 9.17) is 9.26 Å². The summed E-state index contributed by atoms with van der Waals surface area (Å²) >= 11 is 0. The molecule has 1 aliphatic heterocycles. The van der Waals surface area contributed by atoms with Gasteiger partial charge < -0.3 is 19.9 Å². The molecule has 0 fully saturated rings. The number of rotatable bonds is 6. The van der Waals surface area contributed by atoms with Gasteiger partial charge in [0.25, 0.3) is 5.91 Å². The predicted octanol–water partition coefficient (Wildman–Crippen LogP) is 3.58. The van der Waals surface area contributed by atoms with Gasteiger partial charge in [0, 0.05) is 17.3 Å². The Balaban J connectivity index is 1.43. The minimum absolute atomic E-state index is 0.0307. The van der Waals surface area contributed by atoms with Crippen LogP contribution >= 0.6 is 0 Å². The van der Waals surface area contributed by atoms with E-state index in [-0.39, 0.29) is 31.1 Å². The predicted molar refractivity (Wildman–Crippen MR) is 115 cm³/mol. The van der Waals surface area contributed by atoms with Gasteiger partial charge in [0.15, 0.2) is 6.61 Å². The summed E-state index contributed by atoms with van der Waals surface area (Å²) in [7, 11) is 0.